The molecule has 1 fully saturated rings. The second kappa shape index (κ2) is 10.4. The zero-order valence-electron chi connectivity index (χ0n) is 16.8. The van der Waals surface area contributed by atoms with Crippen molar-refractivity contribution in [1.29, 1.82) is 5.41 Å². The number of carboxylic acid groups (broad SMARTS) is 1. The molecule has 0 saturated carbocycles. The van der Waals surface area contributed by atoms with Gasteiger partial charge in [0.25, 0.3) is 0 Å². The third-order valence-electron chi connectivity index (χ3n) is 4.90. The molecule has 2 amide bonds. The molecule has 0 spiro atoms. The zero-order chi connectivity index (χ0) is 21.4. The summed E-state index contributed by atoms with van der Waals surface area (Å²) in [4.78, 5) is 39.0. The number of amides is 2. The van der Waals surface area contributed by atoms with Crippen molar-refractivity contribution in [2.75, 3.05) is 63.6 Å². The molecule has 29 heavy (non-hydrogen) atoms. The Bertz CT molecular complexity index is 761. The summed E-state index contributed by atoms with van der Waals surface area (Å²) in [5.41, 5.74) is 2.22. The molecule has 1 aromatic rings. The van der Waals surface area contributed by atoms with Gasteiger partial charge >= 0.3 is 5.97 Å². The van der Waals surface area contributed by atoms with Crippen LogP contribution in [0.4, 0.5) is 11.4 Å². The van der Waals surface area contributed by atoms with Gasteiger partial charge in [0, 0.05) is 70.2 Å². The first-order chi connectivity index (χ1) is 13.9. The fourth-order valence-corrected chi connectivity index (χ4v) is 3.22. The first-order valence-electron chi connectivity index (χ1n) is 9.42. The summed E-state index contributed by atoms with van der Waals surface area (Å²) in [7, 11) is 3.27. The van der Waals surface area contributed by atoms with E-state index in [2.05, 4.69) is 15.5 Å². The first-order valence-corrected chi connectivity index (χ1v) is 9.42. The average Bonchev–Trinajstić information content (AvgIpc) is 2.73. The second-order valence-corrected chi connectivity index (χ2v) is 6.71. The van der Waals surface area contributed by atoms with Crippen molar-refractivity contribution in [2.24, 2.45) is 0 Å². The summed E-state index contributed by atoms with van der Waals surface area (Å²) in [6, 6.07) is 5.58. The molecule has 0 unspecified atom stereocenters. The number of carbonyl (C=O) groups excluding carboxylic acids is 2. The Balaban J connectivity index is 2.10. The molecule has 1 aromatic carbocycles. The molecule has 10 nitrogen and oxygen atoms in total. The number of rotatable bonds is 9. The lowest BCUT2D eigenvalue weighted by molar-refractivity contribution is -0.138. The van der Waals surface area contributed by atoms with Crippen LogP contribution in [0, 0.1) is 5.41 Å². The standard InChI is InChI=1S/C19H28N6O4/c1-21-16-11-14(24-9-7-23(8-10-24)12-18(28)29)3-4-15(16)19(20)25(13-26)6-5-17(27)22-2/h3-4,11,13,20-21H,5-10,12H2,1-2H3,(H,22,27)(H,28,29). The van der Waals surface area contributed by atoms with Crippen LogP contribution in [0.3, 0.4) is 0 Å². The maximum atomic E-state index is 11.4. The fraction of sp³-hybridized carbons (Fsp3) is 0.474. The van der Waals surface area contributed by atoms with Crippen LogP contribution in [-0.2, 0) is 14.4 Å². The Labute approximate surface area is 170 Å². The Morgan fingerprint density at radius 3 is 2.48 bits per heavy atom. The third-order valence-corrected chi connectivity index (χ3v) is 4.90. The molecule has 0 aliphatic carbocycles. The van der Waals surface area contributed by atoms with Crippen molar-refractivity contribution in [2.45, 2.75) is 6.42 Å². The van der Waals surface area contributed by atoms with Gasteiger partial charge in [-0.25, -0.2) is 0 Å². The minimum Gasteiger partial charge on any atom is -0.480 e. The third kappa shape index (κ3) is 5.92. The molecule has 2 rings (SSSR count). The predicted octanol–water partition coefficient (Wildman–Crippen LogP) is -0.145. The maximum absolute atomic E-state index is 11.4. The van der Waals surface area contributed by atoms with Gasteiger partial charge in [-0.3, -0.25) is 29.6 Å². The zero-order valence-corrected chi connectivity index (χ0v) is 16.8. The molecule has 158 valence electrons. The lowest BCUT2D eigenvalue weighted by atomic mass is 10.1. The van der Waals surface area contributed by atoms with Crippen molar-refractivity contribution < 1.29 is 19.5 Å². The van der Waals surface area contributed by atoms with Crippen molar-refractivity contribution in [3.8, 4) is 0 Å². The Hall–Kier alpha value is -3.14. The molecule has 1 aliphatic rings. The predicted molar refractivity (Wildman–Crippen MR) is 111 cm³/mol. The smallest absolute Gasteiger partial charge is 0.317 e. The van der Waals surface area contributed by atoms with Crippen LogP contribution < -0.4 is 15.5 Å². The van der Waals surface area contributed by atoms with Crippen LogP contribution in [0.1, 0.15) is 12.0 Å². The van der Waals surface area contributed by atoms with Gasteiger partial charge in [0.05, 0.1) is 6.54 Å². The van der Waals surface area contributed by atoms with E-state index in [-0.39, 0.29) is 31.3 Å². The van der Waals surface area contributed by atoms with Gasteiger partial charge in [-0.05, 0) is 18.2 Å². The highest BCUT2D eigenvalue weighted by Gasteiger charge is 2.21. The number of carboxylic acids is 1. The number of hydrogen-bond donors (Lipinski definition) is 4. The number of anilines is 2. The Morgan fingerprint density at radius 1 is 1.24 bits per heavy atom. The van der Waals surface area contributed by atoms with Crippen LogP contribution >= 0.6 is 0 Å². The molecule has 1 aliphatic heterocycles. The minimum absolute atomic E-state index is 0.0195. The van der Waals surface area contributed by atoms with E-state index in [1.807, 2.05) is 17.0 Å². The van der Waals surface area contributed by atoms with Crippen LogP contribution in [0.15, 0.2) is 18.2 Å². The fourth-order valence-electron chi connectivity index (χ4n) is 3.22. The highest BCUT2D eigenvalue weighted by molar-refractivity contribution is 6.06. The second-order valence-electron chi connectivity index (χ2n) is 6.71. The van der Waals surface area contributed by atoms with E-state index >= 15 is 0 Å². The molecule has 0 radical (unpaired) electrons. The maximum Gasteiger partial charge on any atom is 0.317 e. The summed E-state index contributed by atoms with van der Waals surface area (Å²) >= 11 is 0. The number of benzene rings is 1. The minimum atomic E-state index is -0.824. The lowest BCUT2D eigenvalue weighted by Crippen LogP contribution is -2.48. The van der Waals surface area contributed by atoms with Crippen molar-refractivity contribution in [1.82, 2.24) is 15.1 Å². The molecule has 4 N–H and O–H groups in total. The summed E-state index contributed by atoms with van der Waals surface area (Å²) in [6.45, 7) is 2.91. The molecular weight excluding hydrogens is 376 g/mol. The van der Waals surface area contributed by atoms with E-state index in [1.54, 1.807) is 13.1 Å². The van der Waals surface area contributed by atoms with Crippen LogP contribution in [0.5, 0.6) is 0 Å². The first kappa shape index (κ1) is 22.2. The highest BCUT2D eigenvalue weighted by atomic mass is 16.4. The van der Waals surface area contributed by atoms with E-state index in [4.69, 9.17) is 10.5 Å². The van der Waals surface area contributed by atoms with Gasteiger partial charge in [-0.1, -0.05) is 0 Å². The number of nitrogens with zero attached hydrogens (tertiary/aromatic N) is 3. The van der Waals surface area contributed by atoms with E-state index in [1.165, 1.54) is 11.9 Å². The van der Waals surface area contributed by atoms with E-state index in [0.29, 0.717) is 43.8 Å². The topological polar surface area (TPSA) is 129 Å². The van der Waals surface area contributed by atoms with Gasteiger partial charge in [0.2, 0.25) is 12.3 Å². The summed E-state index contributed by atoms with van der Waals surface area (Å²) in [6.07, 6.45) is 0.672. The Morgan fingerprint density at radius 2 is 1.93 bits per heavy atom. The van der Waals surface area contributed by atoms with E-state index in [0.717, 1.165) is 5.69 Å². The van der Waals surface area contributed by atoms with E-state index < -0.39 is 5.97 Å². The van der Waals surface area contributed by atoms with Crippen LogP contribution in [-0.4, -0.2) is 92.4 Å². The molecular formula is C19H28N6O4. The normalized spacial score (nSPS) is 14.2. The molecule has 0 atom stereocenters. The summed E-state index contributed by atoms with van der Waals surface area (Å²) < 4.78 is 0. The van der Waals surface area contributed by atoms with Gasteiger partial charge in [-0.2, -0.15) is 0 Å². The quantitative estimate of drug-likeness (QED) is 0.256. The number of nitrogens with one attached hydrogen (secondary N) is 3. The van der Waals surface area contributed by atoms with Gasteiger partial charge in [0.1, 0.15) is 5.84 Å². The van der Waals surface area contributed by atoms with Gasteiger partial charge in [-0.15, -0.1) is 0 Å². The highest BCUT2D eigenvalue weighted by Crippen LogP contribution is 2.25. The monoisotopic (exact) mass is 404 g/mol. The number of amidine groups is 1. The molecule has 1 saturated heterocycles. The molecule has 0 bridgehead atoms. The molecule has 10 heteroatoms. The molecule has 0 aromatic heterocycles. The summed E-state index contributed by atoms with van der Waals surface area (Å²) in [5, 5.41) is 22.9. The van der Waals surface area contributed by atoms with Gasteiger partial charge in [0.15, 0.2) is 0 Å². The number of carbonyl (C=O) groups is 3. The largest absolute Gasteiger partial charge is 0.480 e. The molecule has 1 heterocycles. The summed E-state index contributed by atoms with van der Waals surface area (Å²) in [5.74, 6) is -1.00. The van der Waals surface area contributed by atoms with Crippen molar-refractivity contribution in [3.05, 3.63) is 23.8 Å². The average molecular weight is 404 g/mol. The SMILES string of the molecule is CNC(=O)CCN(C=O)C(=N)c1ccc(N2CCN(CC(=O)O)CC2)cc1NC. The van der Waals surface area contributed by atoms with Gasteiger partial charge < -0.3 is 20.6 Å². The van der Waals surface area contributed by atoms with Crippen molar-refractivity contribution in [3.63, 3.8) is 0 Å². The van der Waals surface area contributed by atoms with Crippen molar-refractivity contribution >= 4 is 35.5 Å². The number of piperazine rings is 1. The Kier molecular flexibility index (Phi) is 7.96. The van der Waals surface area contributed by atoms with Crippen LogP contribution in [0.25, 0.3) is 0 Å². The number of aliphatic carboxylic acids is 1. The number of hydrogen-bond acceptors (Lipinski definition) is 7. The lowest BCUT2D eigenvalue weighted by Gasteiger charge is -2.35. The van der Waals surface area contributed by atoms with E-state index in [9.17, 15) is 14.4 Å². The van der Waals surface area contributed by atoms with Crippen LogP contribution in [0.2, 0.25) is 0 Å².